The van der Waals surface area contributed by atoms with Crippen LogP contribution < -0.4 is 10.0 Å². The lowest BCUT2D eigenvalue weighted by Gasteiger charge is -2.29. The molecule has 0 saturated heterocycles. The van der Waals surface area contributed by atoms with Crippen LogP contribution in [0.25, 0.3) is 0 Å². The van der Waals surface area contributed by atoms with Gasteiger partial charge in [0.15, 0.2) is 0 Å². The molecule has 0 spiro atoms. The van der Waals surface area contributed by atoms with Gasteiger partial charge in [0.25, 0.3) is 0 Å². The lowest BCUT2D eigenvalue weighted by molar-refractivity contribution is -0.140. The molecule has 0 aliphatic heterocycles. The number of carbonyl (C=O) groups is 2. The maximum atomic E-state index is 13.3. The summed E-state index contributed by atoms with van der Waals surface area (Å²) in [5.41, 5.74) is 1.53. The van der Waals surface area contributed by atoms with E-state index in [1.165, 1.54) is 29.2 Å². The summed E-state index contributed by atoms with van der Waals surface area (Å²) in [6, 6.07) is 11.5. The zero-order valence-electron chi connectivity index (χ0n) is 20.2. The average Bonchev–Trinajstić information content (AvgIpc) is 2.80. The molecule has 0 fully saturated rings. The number of benzene rings is 2. The van der Waals surface area contributed by atoms with Crippen molar-refractivity contribution in [1.29, 1.82) is 0 Å². The third-order valence-corrected chi connectivity index (χ3v) is 6.88. The van der Waals surface area contributed by atoms with Crippen molar-refractivity contribution in [1.82, 2.24) is 14.9 Å². The molecule has 34 heavy (non-hydrogen) atoms. The number of nitrogens with zero attached hydrogens (tertiary/aromatic N) is 1. The van der Waals surface area contributed by atoms with Gasteiger partial charge in [-0.2, -0.15) is 0 Å². The lowest BCUT2D eigenvalue weighted by Crippen LogP contribution is -2.48. The minimum Gasteiger partial charge on any atom is -0.354 e. The van der Waals surface area contributed by atoms with Gasteiger partial charge in [-0.3, -0.25) is 9.59 Å². The van der Waals surface area contributed by atoms with Crippen LogP contribution >= 0.6 is 0 Å². The molecule has 2 rings (SSSR count). The van der Waals surface area contributed by atoms with Gasteiger partial charge in [0.2, 0.25) is 21.8 Å². The number of sulfonamides is 1. The molecule has 1 unspecified atom stereocenters. The molecular weight excluding hydrogens is 457 g/mol. The van der Waals surface area contributed by atoms with E-state index in [2.05, 4.69) is 10.0 Å². The quantitative estimate of drug-likeness (QED) is 0.477. The van der Waals surface area contributed by atoms with Crippen molar-refractivity contribution in [3.8, 4) is 0 Å². The van der Waals surface area contributed by atoms with Crippen molar-refractivity contribution in [2.24, 2.45) is 5.92 Å². The first-order valence-electron chi connectivity index (χ1n) is 11.4. The molecule has 2 N–H and O–H groups in total. The highest BCUT2D eigenvalue weighted by molar-refractivity contribution is 7.89. The van der Waals surface area contributed by atoms with Gasteiger partial charge < -0.3 is 10.2 Å². The highest BCUT2D eigenvalue weighted by atomic mass is 32.2. The van der Waals surface area contributed by atoms with E-state index in [-0.39, 0.29) is 41.4 Å². The predicted octanol–water partition coefficient (Wildman–Crippen LogP) is 3.25. The van der Waals surface area contributed by atoms with E-state index in [9.17, 15) is 22.4 Å². The molecule has 0 radical (unpaired) electrons. The van der Waals surface area contributed by atoms with Crippen molar-refractivity contribution in [2.75, 3.05) is 13.1 Å². The zero-order valence-corrected chi connectivity index (χ0v) is 21.0. The molecule has 2 aromatic carbocycles. The van der Waals surface area contributed by atoms with Crippen LogP contribution in [0.5, 0.6) is 0 Å². The first-order valence-corrected chi connectivity index (χ1v) is 12.9. The Labute approximate surface area is 201 Å². The minimum absolute atomic E-state index is 0.141. The summed E-state index contributed by atoms with van der Waals surface area (Å²) < 4.78 is 39.9. The maximum absolute atomic E-state index is 13.3. The third-order valence-electron chi connectivity index (χ3n) is 5.31. The van der Waals surface area contributed by atoms with Gasteiger partial charge in [-0.25, -0.2) is 17.5 Å². The monoisotopic (exact) mass is 491 g/mol. The molecule has 7 nitrogen and oxygen atoms in total. The van der Waals surface area contributed by atoms with Crippen LogP contribution in [0.15, 0.2) is 53.4 Å². The average molecular weight is 492 g/mol. The van der Waals surface area contributed by atoms with E-state index in [0.29, 0.717) is 19.5 Å². The molecule has 0 bridgehead atoms. The largest absolute Gasteiger partial charge is 0.354 e. The Hall–Kier alpha value is -2.78. The second-order valence-corrected chi connectivity index (χ2v) is 10.4. The molecule has 0 aliphatic carbocycles. The van der Waals surface area contributed by atoms with Crippen molar-refractivity contribution in [3.63, 3.8) is 0 Å². The Bertz CT molecular complexity index is 1050. The standard InChI is InChI=1S/C25H34FN3O4S/c1-5-28-34(32,33)23-13-8-20(9-14-23)10-15-24(30)29(17-21-6-11-22(26)12-7-21)19(4)25(31)27-16-18(2)3/h6-9,11-14,18-19,28H,5,10,15-17H2,1-4H3,(H,27,31). The Kier molecular flexibility index (Phi) is 10.2. The van der Waals surface area contributed by atoms with Crippen molar-refractivity contribution < 1.29 is 22.4 Å². The van der Waals surface area contributed by atoms with Gasteiger partial charge in [0.1, 0.15) is 11.9 Å². The molecule has 0 aliphatic rings. The molecule has 2 amide bonds. The van der Waals surface area contributed by atoms with Crippen LogP contribution in [0.1, 0.15) is 45.2 Å². The highest BCUT2D eigenvalue weighted by Crippen LogP contribution is 2.15. The first kappa shape index (κ1) is 27.5. The van der Waals surface area contributed by atoms with Gasteiger partial charge in [-0.05, 0) is 54.7 Å². The fourth-order valence-corrected chi connectivity index (χ4v) is 4.37. The Morgan fingerprint density at radius 1 is 0.971 bits per heavy atom. The molecule has 0 aromatic heterocycles. The van der Waals surface area contributed by atoms with Crippen LogP contribution in [0.3, 0.4) is 0 Å². The number of halogens is 1. The molecule has 0 saturated carbocycles. The van der Waals surface area contributed by atoms with Crippen molar-refractivity contribution in [3.05, 3.63) is 65.5 Å². The van der Waals surface area contributed by atoms with Gasteiger partial charge >= 0.3 is 0 Å². The SMILES string of the molecule is CCNS(=O)(=O)c1ccc(CCC(=O)N(Cc2ccc(F)cc2)C(C)C(=O)NCC(C)C)cc1. The molecule has 186 valence electrons. The van der Waals surface area contributed by atoms with E-state index in [4.69, 9.17) is 0 Å². The van der Waals surface area contributed by atoms with E-state index < -0.39 is 16.1 Å². The first-order chi connectivity index (χ1) is 16.0. The fraction of sp³-hybridized carbons (Fsp3) is 0.440. The van der Waals surface area contributed by atoms with Gasteiger partial charge in [-0.1, -0.05) is 45.0 Å². The van der Waals surface area contributed by atoms with E-state index in [1.54, 1.807) is 38.1 Å². The Morgan fingerprint density at radius 2 is 1.56 bits per heavy atom. The summed E-state index contributed by atoms with van der Waals surface area (Å²) >= 11 is 0. The zero-order chi connectivity index (χ0) is 25.3. The number of nitrogens with one attached hydrogen (secondary N) is 2. The van der Waals surface area contributed by atoms with Crippen LogP contribution in [0.2, 0.25) is 0 Å². The summed E-state index contributed by atoms with van der Waals surface area (Å²) in [5, 5.41) is 2.86. The topological polar surface area (TPSA) is 95.6 Å². The number of carbonyl (C=O) groups excluding carboxylic acids is 2. The summed E-state index contributed by atoms with van der Waals surface area (Å²) in [6.45, 7) is 8.34. The number of aryl methyl sites for hydroxylation is 1. The second kappa shape index (κ2) is 12.6. The Balaban J connectivity index is 2.12. The molecule has 0 heterocycles. The van der Waals surface area contributed by atoms with Crippen LogP contribution in [0, 0.1) is 11.7 Å². The van der Waals surface area contributed by atoms with Gasteiger partial charge in [0.05, 0.1) is 4.90 Å². The lowest BCUT2D eigenvalue weighted by atomic mass is 10.1. The predicted molar refractivity (Wildman–Crippen MR) is 130 cm³/mol. The maximum Gasteiger partial charge on any atom is 0.242 e. The molecule has 2 aromatic rings. The number of rotatable bonds is 12. The fourth-order valence-electron chi connectivity index (χ4n) is 3.33. The second-order valence-electron chi connectivity index (χ2n) is 8.61. The van der Waals surface area contributed by atoms with Crippen molar-refractivity contribution >= 4 is 21.8 Å². The van der Waals surface area contributed by atoms with Gasteiger partial charge in [-0.15, -0.1) is 0 Å². The van der Waals surface area contributed by atoms with Crippen LogP contribution in [-0.2, 0) is 32.6 Å². The van der Waals surface area contributed by atoms with Crippen molar-refractivity contribution in [2.45, 2.75) is 58.0 Å². The van der Waals surface area contributed by atoms with Crippen LogP contribution in [-0.4, -0.2) is 44.3 Å². The number of hydrogen-bond acceptors (Lipinski definition) is 4. The summed E-state index contributed by atoms with van der Waals surface area (Å²) in [5.74, 6) is -0.566. The minimum atomic E-state index is -3.54. The number of hydrogen-bond donors (Lipinski definition) is 2. The molecular formula is C25H34FN3O4S. The molecule has 9 heteroatoms. The third kappa shape index (κ3) is 8.22. The van der Waals surface area contributed by atoms with Gasteiger partial charge in [0, 0.05) is 26.1 Å². The highest BCUT2D eigenvalue weighted by Gasteiger charge is 2.26. The van der Waals surface area contributed by atoms with E-state index >= 15 is 0 Å². The number of amides is 2. The van der Waals surface area contributed by atoms with E-state index in [1.807, 2.05) is 13.8 Å². The smallest absolute Gasteiger partial charge is 0.242 e. The van der Waals surface area contributed by atoms with Crippen LogP contribution in [0.4, 0.5) is 4.39 Å². The van der Waals surface area contributed by atoms with E-state index in [0.717, 1.165) is 11.1 Å². The normalized spacial score (nSPS) is 12.4. The molecule has 1 atom stereocenters. The summed E-state index contributed by atoms with van der Waals surface area (Å²) in [4.78, 5) is 27.5. The Morgan fingerprint density at radius 3 is 2.12 bits per heavy atom. The summed E-state index contributed by atoms with van der Waals surface area (Å²) in [6.07, 6.45) is 0.531. The summed E-state index contributed by atoms with van der Waals surface area (Å²) in [7, 11) is -3.54.